The molecule has 0 aromatic carbocycles. The summed E-state index contributed by atoms with van der Waals surface area (Å²) >= 11 is 0. The quantitative estimate of drug-likeness (QED) is 0.807. The fourth-order valence-electron chi connectivity index (χ4n) is 4.73. The molecule has 1 amide bonds. The van der Waals surface area contributed by atoms with Crippen LogP contribution in [0.1, 0.15) is 51.4 Å². The standard InChI is InChI=1S/C17H29N3O/c21-17(9-13-7-14-1-2-15(8-13)19-14)18-10-12-5-6-20(11-12)16-3-4-16/h12-16,19H,1-11H2,(H,18,21). The average molecular weight is 291 g/mol. The second-order valence-corrected chi connectivity index (χ2v) is 7.86. The van der Waals surface area contributed by atoms with Crippen LogP contribution in [0.15, 0.2) is 0 Å². The number of hydrogen-bond acceptors (Lipinski definition) is 3. The van der Waals surface area contributed by atoms with E-state index in [1.807, 2.05) is 0 Å². The zero-order valence-corrected chi connectivity index (χ0v) is 13.0. The molecular weight excluding hydrogens is 262 g/mol. The van der Waals surface area contributed by atoms with Crippen LogP contribution in [0.25, 0.3) is 0 Å². The number of piperidine rings is 1. The first kappa shape index (κ1) is 14.0. The van der Waals surface area contributed by atoms with Crippen molar-refractivity contribution in [3.8, 4) is 0 Å². The van der Waals surface area contributed by atoms with Crippen LogP contribution < -0.4 is 10.6 Å². The monoisotopic (exact) mass is 291 g/mol. The van der Waals surface area contributed by atoms with E-state index in [2.05, 4.69) is 15.5 Å². The normalized spacial score (nSPS) is 39.6. The second-order valence-electron chi connectivity index (χ2n) is 7.86. The summed E-state index contributed by atoms with van der Waals surface area (Å²) in [4.78, 5) is 14.8. The van der Waals surface area contributed by atoms with Crippen LogP contribution in [0, 0.1) is 11.8 Å². The van der Waals surface area contributed by atoms with Gasteiger partial charge in [0.05, 0.1) is 0 Å². The Labute approximate surface area is 128 Å². The van der Waals surface area contributed by atoms with Gasteiger partial charge in [0.1, 0.15) is 0 Å². The summed E-state index contributed by atoms with van der Waals surface area (Å²) in [6.07, 6.45) is 9.89. The Hall–Kier alpha value is -0.610. The molecule has 0 radical (unpaired) electrons. The average Bonchev–Trinajstić information content (AvgIpc) is 3.12. The largest absolute Gasteiger partial charge is 0.356 e. The van der Waals surface area contributed by atoms with Crippen molar-refractivity contribution < 1.29 is 4.79 Å². The number of carbonyl (C=O) groups is 1. The van der Waals surface area contributed by atoms with Gasteiger partial charge in [-0.1, -0.05) is 0 Å². The first-order chi connectivity index (χ1) is 10.3. The van der Waals surface area contributed by atoms with Crippen molar-refractivity contribution >= 4 is 5.91 Å². The summed E-state index contributed by atoms with van der Waals surface area (Å²) in [5, 5.41) is 6.87. The number of carbonyl (C=O) groups excluding carboxylic acids is 1. The van der Waals surface area contributed by atoms with E-state index in [0.29, 0.717) is 29.8 Å². The summed E-state index contributed by atoms with van der Waals surface area (Å²) < 4.78 is 0. The second kappa shape index (κ2) is 5.88. The molecule has 0 aromatic heterocycles. The van der Waals surface area contributed by atoms with Crippen molar-refractivity contribution in [3.63, 3.8) is 0 Å². The maximum atomic E-state index is 12.2. The highest BCUT2D eigenvalue weighted by molar-refractivity contribution is 5.76. The summed E-state index contributed by atoms with van der Waals surface area (Å²) in [5.41, 5.74) is 0. The molecule has 4 rings (SSSR count). The lowest BCUT2D eigenvalue weighted by atomic mass is 9.89. The van der Waals surface area contributed by atoms with Gasteiger partial charge in [-0.15, -0.1) is 0 Å². The molecule has 2 bridgehead atoms. The SMILES string of the molecule is O=C(CC1CC2CCC(C1)N2)NCC1CCN(C2CC2)C1. The van der Waals surface area contributed by atoms with E-state index in [-0.39, 0.29) is 0 Å². The Kier molecular flexibility index (Phi) is 3.92. The highest BCUT2D eigenvalue weighted by Crippen LogP contribution is 2.33. The van der Waals surface area contributed by atoms with Crippen molar-refractivity contribution in [2.75, 3.05) is 19.6 Å². The lowest BCUT2D eigenvalue weighted by molar-refractivity contribution is -0.122. The predicted molar refractivity (Wildman–Crippen MR) is 83.0 cm³/mol. The molecular formula is C17H29N3O. The fraction of sp³-hybridized carbons (Fsp3) is 0.941. The van der Waals surface area contributed by atoms with Crippen LogP contribution >= 0.6 is 0 Å². The number of nitrogens with one attached hydrogen (secondary N) is 2. The number of amides is 1. The number of likely N-dealkylation sites (tertiary alicyclic amines) is 1. The smallest absolute Gasteiger partial charge is 0.220 e. The molecule has 3 atom stereocenters. The number of fused-ring (bicyclic) bond motifs is 2. The van der Waals surface area contributed by atoms with Crippen LogP contribution in [-0.4, -0.2) is 48.6 Å². The first-order valence-electron chi connectivity index (χ1n) is 9.03. The van der Waals surface area contributed by atoms with Crippen LogP contribution in [-0.2, 0) is 4.79 Å². The van der Waals surface area contributed by atoms with Crippen LogP contribution in [0.5, 0.6) is 0 Å². The van der Waals surface area contributed by atoms with Gasteiger partial charge >= 0.3 is 0 Å². The van der Waals surface area contributed by atoms with Crippen molar-refractivity contribution in [1.82, 2.24) is 15.5 Å². The molecule has 21 heavy (non-hydrogen) atoms. The molecule has 4 heteroatoms. The highest BCUT2D eigenvalue weighted by atomic mass is 16.1. The Morgan fingerprint density at radius 1 is 1.05 bits per heavy atom. The van der Waals surface area contributed by atoms with Gasteiger partial charge in [-0.05, 0) is 63.3 Å². The van der Waals surface area contributed by atoms with Crippen LogP contribution in [0.3, 0.4) is 0 Å². The number of nitrogens with zero attached hydrogens (tertiary/aromatic N) is 1. The highest BCUT2D eigenvalue weighted by Gasteiger charge is 2.35. The van der Waals surface area contributed by atoms with Gasteiger partial charge in [0.2, 0.25) is 5.91 Å². The van der Waals surface area contributed by atoms with Gasteiger partial charge in [0.25, 0.3) is 0 Å². The minimum absolute atomic E-state index is 0.297. The van der Waals surface area contributed by atoms with E-state index < -0.39 is 0 Å². The molecule has 3 heterocycles. The third-order valence-corrected chi connectivity index (χ3v) is 6.01. The Bertz CT molecular complexity index is 383. The summed E-state index contributed by atoms with van der Waals surface area (Å²) in [7, 11) is 0. The van der Waals surface area contributed by atoms with Crippen LogP contribution in [0.2, 0.25) is 0 Å². The Balaban J connectivity index is 1.16. The van der Waals surface area contributed by atoms with Crippen molar-refractivity contribution in [1.29, 1.82) is 0 Å². The molecule has 118 valence electrons. The van der Waals surface area contributed by atoms with E-state index in [1.165, 1.54) is 58.0 Å². The van der Waals surface area contributed by atoms with E-state index in [0.717, 1.165) is 19.0 Å². The Morgan fingerprint density at radius 2 is 1.81 bits per heavy atom. The fourth-order valence-corrected chi connectivity index (χ4v) is 4.73. The molecule has 0 spiro atoms. The number of rotatable bonds is 5. The van der Waals surface area contributed by atoms with Gasteiger partial charge in [0, 0.05) is 37.6 Å². The zero-order chi connectivity index (χ0) is 14.2. The van der Waals surface area contributed by atoms with Gasteiger partial charge in [-0.2, -0.15) is 0 Å². The minimum atomic E-state index is 0.297. The van der Waals surface area contributed by atoms with E-state index in [9.17, 15) is 4.79 Å². The van der Waals surface area contributed by atoms with Crippen molar-refractivity contribution in [2.24, 2.45) is 11.8 Å². The molecule has 0 aromatic rings. The summed E-state index contributed by atoms with van der Waals surface area (Å²) in [6, 6.07) is 2.28. The van der Waals surface area contributed by atoms with Gasteiger partial charge < -0.3 is 15.5 Å². The first-order valence-corrected chi connectivity index (χ1v) is 9.03. The molecule has 2 N–H and O–H groups in total. The molecule has 4 aliphatic rings. The summed E-state index contributed by atoms with van der Waals surface area (Å²) in [5.74, 6) is 1.61. The van der Waals surface area contributed by atoms with Crippen molar-refractivity contribution in [2.45, 2.75) is 69.5 Å². The van der Waals surface area contributed by atoms with E-state index >= 15 is 0 Å². The molecule has 3 unspecified atom stereocenters. The molecule has 4 fully saturated rings. The minimum Gasteiger partial charge on any atom is -0.356 e. The van der Waals surface area contributed by atoms with Crippen molar-refractivity contribution in [3.05, 3.63) is 0 Å². The van der Waals surface area contributed by atoms with E-state index in [4.69, 9.17) is 0 Å². The van der Waals surface area contributed by atoms with Gasteiger partial charge in [0.15, 0.2) is 0 Å². The molecule has 4 nitrogen and oxygen atoms in total. The topological polar surface area (TPSA) is 44.4 Å². The van der Waals surface area contributed by atoms with Gasteiger partial charge in [-0.25, -0.2) is 0 Å². The lowest BCUT2D eigenvalue weighted by Gasteiger charge is -2.28. The third-order valence-electron chi connectivity index (χ3n) is 6.01. The zero-order valence-electron chi connectivity index (χ0n) is 13.0. The molecule has 3 saturated heterocycles. The Morgan fingerprint density at radius 3 is 2.52 bits per heavy atom. The number of hydrogen-bond donors (Lipinski definition) is 2. The van der Waals surface area contributed by atoms with E-state index in [1.54, 1.807) is 0 Å². The molecule has 3 aliphatic heterocycles. The van der Waals surface area contributed by atoms with Gasteiger partial charge in [-0.3, -0.25) is 4.79 Å². The van der Waals surface area contributed by atoms with Crippen LogP contribution in [0.4, 0.5) is 0 Å². The molecule has 1 aliphatic carbocycles. The lowest BCUT2D eigenvalue weighted by Crippen LogP contribution is -2.40. The predicted octanol–water partition coefficient (Wildman–Crippen LogP) is 1.51. The maximum Gasteiger partial charge on any atom is 0.220 e. The maximum absolute atomic E-state index is 12.2. The third kappa shape index (κ3) is 3.42. The summed E-state index contributed by atoms with van der Waals surface area (Å²) in [6.45, 7) is 3.37. The molecule has 1 saturated carbocycles.